The summed E-state index contributed by atoms with van der Waals surface area (Å²) in [6, 6.07) is 9.03. The second-order valence-electron chi connectivity index (χ2n) is 7.07. The number of rotatable bonds is 4. The number of carbonyl (C=O) groups is 1. The normalized spacial score (nSPS) is 18.4. The average Bonchev–Trinajstić information content (AvgIpc) is 3.44. The third kappa shape index (κ3) is 3.08. The molecule has 5 heterocycles. The molecule has 1 fully saturated rings. The molecule has 1 amide bonds. The molecule has 8 nitrogen and oxygen atoms in total. The highest BCUT2D eigenvalue weighted by Gasteiger charge is 2.33. The van der Waals surface area contributed by atoms with E-state index in [0.29, 0.717) is 49.0 Å². The van der Waals surface area contributed by atoms with Crippen molar-refractivity contribution >= 4 is 17.5 Å². The van der Waals surface area contributed by atoms with E-state index in [1.54, 1.807) is 40.2 Å². The molecule has 0 saturated carbocycles. The molecule has 1 saturated heterocycles. The van der Waals surface area contributed by atoms with Crippen molar-refractivity contribution in [3.8, 4) is 11.6 Å². The maximum absolute atomic E-state index is 13.4. The molecule has 5 rings (SSSR count). The van der Waals surface area contributed by atoms with E-state index in [-0.39, 0.29) is 5.91 Å². The lowest BCUT2D eigenvalue weighted by atomic mass is 10.3. The van der Waals surface area contributed by atoms with E-state index < -0.39 is 6.17 Å². The molecular formula is C20H19FN6O2. The van der Waals surface area contributed by atoms with Crippen molar-refractivity contribution in [2.45, 2.75) is 19.1 Å². The zero-order chi connectivity index (χ0) is 20.0. The van der Waals surface area contributed by atoms with Crippen LogP contribution < -0.4 is 14.5 Å². The number of hydrogen-bond donors (Lipinski definition) is 0. The SMILES string of the molecule is COc1cccc(N2Cc3nn(-c4ccc(N5CC[C@H](F)C5)nc4)cc3C2=O)n1. The molecule has 3 aromatic heterocycles. The Balaban J connectivity index is 1.36. The Morgan fingerprint density at radius 2 is 2.10 bits per heavy atom. The highest BCUT2D eigenvalue weighted by atomic mass is 19.1. The van der Waals surface area contributed by atoms with Crippen LogP contribution in [-0.4, -0.2) is 52.0 Å². The third-order valence-electron chi connectivity index (χ3n) is 5.22. The summed E-state index contributed by atoms with van der Waals surface area (Å²) in [7, 11) is 1.54. The fourth-order valence-electron chi connectivity index (χ4n) is 3.68. The van der Waals surface area contributed by atoms with Crippen molar-refractivity contribution in [2.75, 3.05) is 30.0 Å². The van der Waals surface area contributed by atoms with E-state index in [1.807, 2.05) is 17.0 Å². The molecule has 148 valence electrons. The first kappa shape index (κ1) is 17.6. The number of alkyl halides is 1. The number of amides is 1. The van der Waals surface area contributed by atoms with E-state index in [9.17, 15) is 9.18 Å². The fraction of sp³-hybridized carbons (Fsp3) is 0.300. The lowest BCUT2D eigenvalue weighted by molar-refractivity contribution is 0.0995. The molecule has 0 unspecified atom stereocenters. The summed E-state index contributed by atoms with van der Waals surface area (Å²) >= 11 is 0. The Labute approximate surface area is 166 Å². The molecular weight excluding hydrogens is 375 g/mol. The van der Waals surface area contributed by atoms with Gasteiger partial charge in [0.2, 0.25) is 5.88 Å². The van der Waals surface area contributed by atoms with Crippen molar-refractivity contribution in [3.63, 3.8) is 0 Å². The van der Waals surface area contributed by atoms with E-state index in [0.717, 1.165) is 11.5 Å². The van der Waals surface area contributed by atoms with Gasteiger partial charge in [-0.25, -0.2) is 14.1 Å². The van der Waals surface area contributed by atoms with Crippen molar-refractivity contribution < 1.29 is 13.9 Å². The second-order valence-corrected chi connectivity index (χ2v) is 7.07. The number of anilines is 2. The highest BCUT2D eigenvalue weighted by molar-refractivity contribution is 6.09. The van der Waals surface area contributed by atoms with E-state index >= 15 is 0 Å². The van der Waals surface area contributed by atoms with Gasteiger partial charge in [0.05, 0.1) is 43.3 Å². The predicted molar refractivity (Wildman–Crippen MR) is 104 cm³/mol. The van der Waals surface area contributed by atoms with Crippen LogP contribution in [0.15, 0.2) is 42.7 Å². The largest absolute Gasteiger partial charge is 0.481 e. The maximum Gasteiger partial charge on any atom is 0.263 e. The summed E-state index contributed by atoms with van der Waals surface area (Å²) in [6.45, 7) is 1.40. The lowest BCUT2D eigenvalue weighted by Gasteiger charge is -2.16. The van der Waals surface area contributed by atoms with Gasteiger partial charge in [-0.1, -0.05) is 6.07 Å². The number of carbonyl (C=O) groups excluding carboxylic acids is 1. The minimum absolute atomic E-state index is 0.150. The number of fused-ring (bicyclic) bond motifs is 1. The molecule has 3 aromatic rings. The van der Waals surface area contributed by atoms with Crippen LogP contribution in [0.2, 0.25) is 0 Å². The number of hydrogen-bond acceptors (Lipinski definition) is 6. The van der Waals surface area contributed by atoms with Crippen molar-refractivity contribution in [1.82, 2.24) is 19.7 Å². The number of aromatic nitrogens is 4. The number of nitrogens with zero attached hydrogens (tertiary/aromatic N) is 6. The first-order valence-corrected chi connectivity index (χ1v) is 9.39. The minimum atomic E-state index is -0.793. The van der Waals surface area contributed by atoms with Gasteiger partial charge in [-0.15, -0.1) is 0 Å². The van der Waals surface area contributed by atoms with Crippen LogP contribution in [0.3, 0.4) is 0 Å². The quantitative estimate of drug-likeness (QED) is 0.676. The molecule has 29 heavy (non-hydrogen) atoms. The third-order valence-corrected chi connectivity index (χ3v) is 5.22. The Kier molecular flexibility index (Phi) is 4.15. The summed E-state index contributed by atoms with van der Waals surface area (Å²) in [5, 5.41) is 4.55. The van der Waals surface area contributed by atoms with Gasteiger partial charge in [-0.2, -0.15) is 10.1 Å². The molecule has 0 N–H and O–H groups in total. The molecule has 1 atom stereocenters. The number of pyridine rings is 2. The Morgan fingerprint density at radius 3 is 2.79 bits per heavy atom. The standard InChI is InChI=1S/C20H19FN6O2/c1-29-19-4-2-3-18(23-19)26-12-16-15(20(26)28)11-27(24-16)14-5-6-17(22-9-14)25-8-7-13(21)10-25/h2-6,9,11,13H,7-8,10,12H2,1H3/t13-/m0/s1. The van der Waals surface area contributed by atoms with E-state index in [1.165, 1.54) is 7.11 Å². The molecule has 0 aromatic carbocycles. The van der Waals surface area contributed by atoms with Crippen molar-refractivity contribution in [1.29, 1.82) is 0 Å². The van der Waals surface area contributed by atoms with E-state index in [4.69, 9.17) is 4.74 Å². The maximum atomic E-state index is 13.4. The van der Waals surface area contributed by atoms with Gasteiger partial charge in [-0.05, 0) is 24.6 Å². The van der Waals surface area contributed by atoms with Crippen molar-refractivity contribution in [2.24, 2.45) is 0 Å². The highest BCUT2D eigenvalue weighted by Crippen LogP contribution is 2.28. The topological polar surface area (TPSA) is 76.4 Å². The number of halogens is 1. The second kappa shape index (κ2) is 6.84. The summed E-state index contributed by atoms with van der Waals surface area (Å²) in [4.78, 5) is 25.1. The molecule has 2 aliphatic heterocycles. The van der Waals surface area contributed by atoms with E-state index in [2.05, 4.69) is 15.1 Å². The van der Waals surface area contributed by atoms with Crippen LogP contribution >= 0.6 is 0 Å². The van der Waals surface area contributed by atoms with Crippen LogP contribution in [0.25, 0.3) is 5.69 Å². The van der Waals surface area contributed by atoms with Gasteiger partial charge >= 0.3 is 0 Å². The first-order chi connectivity index (χ1) is 14.1. The van der Waals surface area contributed by atoms with Crippen LogP contribution in [-0.2, 0) is 6.54 Å². The minimum Gasteiger partial charge on any atom is -0.481 e. The van der Waals surface area contributed by atoms with Gasteiger partial charge in [0.25, 0.3) is 5.91 Å². The smallest absolute Gasteiger partial charge is 0.263 e. The summed E-state index contributed by atoms with van der Waals surface area (Å²) in [5.41, 5.74) is 1.97. The van der Waals surface area contributed by atoms with Gasteiger partial charge < -0.3 is 9.64 Å². The monoisotopic (exact) mass is 394 g/mol. The summed E-state index contributed by atoms with van der Waals surface area (Å²) in [6.07, 6.45) is 3.14. The van der Waals surface area contributed by atoms with Crippen LogP contribution in [0.1, 0.15) is 22.5 Å². The first-order valence-electron chi connectivity index (χ1n) is 9.39. The molecule has 9 heteroatoms. The summed E-state index contributed by atoms with van der Waals surface area (Å²) in [5.74, 6) is 1.58. The average molecular weight is 394 g/mol. The van der Waals surface area contributed by atoms with Crippen LogP contribution in [0, 0.1) is 0 Å². The van der Waals surface area contributed by atoms with Crippen molar-refractivity contribution in [3.05, 3.63) is 54.0 Å². The zero-order valence-electron chi connectivity index (χ0n) is 15.8. The van der Waals surface area contributed by atoms with Gasteiger partial charge in [0.15, 0.2) is 0 Å². The molecule has 2 aliphatic rings. The Morgan fingerprint density at radius 1 is 1.21 bits per heavy atom. The van der Waals surface area contributed by atoms with Gasteiger partial charge in [0, 0.05) is 18.8 Å². The predicted octanol–water partition coefficient (Wildman–Crippen LogP) is 2.38. The lowest BCUT2D eigenvalue weighted by Crippen LogP contribution is -2.25. The molecule has 0 radical (unpaired) electrons. The van der Waals surface area contributed by atoms with Crippen LogP contribution in [0.5, 0.6) is 5.88 Å². The molecule has 0 aliphatic carbocycles. The molecule has 0 spiro atoms. The van der Waals surface area contributed by atoms with Crippen LogP contribution in [0.4, 0.5) is 16.0 Å². The Hall–Kier alpha value is -3.49. The summed E-state index contributed by atoms with van der Waals surface area (Å²) < 4.78 is 20.2. The van der Waals surface area contributed by atoms with Gasteiger partial charge in [-0.3, -0.25) is 9.69 Å². The molecule has 0 bridgehead atoms. The Bertz CT molecular complexity index is 1070. The number of ether oxygens (including phenoxy) is 1. The number of methoxy groups -OCH3 is 1. The fourth-order valence-corrected chi connectivity index (χ4v) is 3.68. The zero-order valence-corrected chi connectivity index (χ0v) is 15.8. The van der Waals surface area contributed by atoms with Gasteiger partial charge in [0.1, 0.15) is 17.8 Å².